The van der Waals surface area contributed by atoms with Gasteiger partial charge < -0.3 is 10.3 Å². The molecule has 0 spiro atoms. The molecular formula is C7H10N2O. The Hall–Kier alpha value is -0.990. The Kier molecular flexibility index (Phi) is 1.16. The number of hydrogen-bond acceptors (Lipinski definition) is 3. The summed E-state index contributed by atoms with van der Waals surface area (Å²) in [5.74, 6) is 1.28. The molecule has 1 aromatic rings. The van der Waals surface area contributed by atoms with Gasteiger partial charge in [-0.15, -0.1) is 0 Å². The zero-order valence-electron chi connectivity index (χ0n) is 5.71. The molecule has 0 aliphatic heterocycles. The van der Waals surface area contributed by atoms with Gasteiger partial charge in [-0.25, -0.2) is 0 Å². The van der Waals surface area contributed by atoms with Crippen molar-refractivity contribution < 1.29 is 4.52 Å². The lowest BCUT2D eigenvalue weighted by Gasteiger charge is -1.85. The van der Waals surface area contributed by atoms with Crippen molar-refractivity contribution in [3.63, 3.8) is 0 Å². The normalized spacial score (nSPS) is 17.6. The number of hydrogen-bond donors (Lipinski definition) is 1. The van der Waals surface area contributed by atoms with Gasteiger partial charge in [-0.1, -0.05) is 5.16 Å². The molecule has 10 heavy (non-hydrogen) atoms. The topological polar surface area (TPSA) is 52.0 Å². The average molecular weight is 138 g/mol. The summed E-state index contributed by atoms with van der Waals surface area (Å²) < 4.78 is 4.72. The quantitative estimate of drug-likeness (QED) is 0.668. The molecule has 2 rings (SSSR count). The van der Waals surface area contributed by atoms with Crippen LogP contribution in [0.3, 0.4) is 0 Å². The summed E-state index contributed by atoms with van der Waals surface area (Å²) in [7, 11) is 0. The van der Waals surface area contributed by atoms with Crippen LogP contribution in [-0.4, -0.2) is 5.16 Å². The van der Waals surface area contributed by atoms with Gasteiger partial charge >= 0.3 is 0 Å². The van der Waals surface area contributed by atoms with Crippen LogP contribution in [0.1, 0.15) is 18.5 Å². The van der Waals surface area contributed by atoms with Crippen LogP contribution in [0.2, 0.25) is 0 Å². The Morgan fingerprint density at radius 1 is 1.70 bits per heavy atom. The van der Waals surface area contributed by atoms with Gasteiger partial charge in [-0.05, 0) is 25.2 Å². The van der Waals surface area contributed by atoms with Gasteiger partial charge in [-0.2, -0.15) is 0 Å². The smallest absolute Gasteiger partial charge is 0.222 e. The molecule has 1 saturated carbocycles. The Labute approximate surface area is 59.2 Å². The van der Waals surface area contributed by atoms with E-state index >= 15 is 0 Å². The lowest BCUT2D eigenvalue weighted by atomic mass is 10.2. The number of rotatable bonds is 2. The van der Waals surface area contributed by atoms with Gasteiger partial charge in [0, 0.05) is 6.07 Å². The Balaban J connectivity index is 2.03. The average Bonchev–Trinajstić information content (AvgIpc) is 2.59. The van der Waals surface area contributed by atoms with Crippen LogP contribution in [0.25, 0.3) is 0 Å². The predicted molar refractivity (Wildman–Crippen MR) is 37.3 cm³/mol. The molecule has 3 heteroatoms. The first kappa shape index (κ1) is 5.77. The molecule has 1 aliphatic carbocycles. The number of nitrogens with zero attached hydrogens (tertiary/aromatic N) is 1. The van der Waals surface area contributed by atoms with Gasteiger partial charge in [0.15, 0.2) is 0 Å². The molecule has 1 aromatic heterocycles. The third kappa shape index (κ3) is 1.12. The molecule has 0 aromatic carbocycles. The highest BCUT2D eigenvalue weighted by Gasteiger charge is 2.22. The van der Waals surface area contributed by atoms with E-state index in [4.69, 9.17) is 10.3 Å². The molecule has 3 nitrogen and oxygen atoms in total. The molecule has 0 radical (unpaired) electrons. The van der Waals surface area contributed by atoms with E-state index in [-0.39, 0.29) is 0 Å². The minimum atomic E-state index is 0.427. The third-order valence-corrected chi connectivity index (χ3v) is 1.77. The fourth-order valence-corrected chi connectivity index (χ4v) is 1.04. The molecule has 0 saturated heterocycles. The summed E-state index contributed by atoms with van der Waals surface area (Å²) >= 11 is 0. The van der Waals surface area contributed by atoms with E-state index in [1.807, 2.05) is 0 Å². The Morgan fingerprint density at radius 2 is 2.50 bits per heavy atom. The molecule has 2 N–H and O–H groups in total. The SMILES string of the molecule is Nc1cc(CC2CC2)no1. The summed E-state index contributed by atoms with van der Waals surface area (Å²) in [4.78, 5) is 0. The molecule has 0 amide bonds. The fourth-order valence-electron chi connectivity index (χ4n) is 1.04. The standard InChI is InChI=1S/C7H10N2O/c8-7-4-6(9-10-7)3-5-1-2-5/h4-5H,1-3,8H2. The molecule has 1 fully saturated rings. The van der Waals surface area contributed by atoms with E-state index < -0.39 is 0 Å². The molecule has 1 heterocycles. The molecule has 1 aliphatic rings. The van der Waals surface area contributed by atoms with Crippen molar-refractivity contribution in [3.05, 3.63) is 11.8 Å². The zero-order valence-corrected chi connectivity index (χ0v) is 5.71. The Bertz CT molecular complexity index is 227. The highest BCUT2D eigenvalue weighted by molar-refractivity contribution is 5.24. The third-order valence-electron chi connectivity index (χ3n) is 1.77. The van der Waals surface area contributed by atoms with Gasteiger partial charge in [0.2, 0.25) is 5.88 Å². The van der Waals surface area contributed by atoms with Crippen LogP contribution in [0.4, 0.5) is 5.88 Å². The first-order valence-electron chi connectivity index (χ1n) is 3.55. The second-order valence-electron chi connectivity index (χ2n) is 2.87. The Morgan fingerprint density at radius 3 is 3.00 bits per heavy atom. The van der Waals surface area contributed by atoms with Gasteiger partial charge in [0.25, 0.3) is 0 Å². The second-order valence-corrected chi connectivity index (χ2v) is 2.87. The molecule has 54 valence electrons. The van der Waals surface area contributed by atoms with E-state index in [0.717, 1.165) is 18.0 Å². The minimum Gasteiger partial charge on any atom is -0.368 e. The number of anilines is 1. The maximum Gasteiger partial charge on any atom is 0.222 e. The van der Waals surface area contributed by atoms with E-state index in [0.29, 0.717) is 5.88 Å². The summed E-state index contributed by atoms with van der Waals surface area (Å²) in [5, 5.41) is 3.80. The predicted octanol–water partition coefficient (Wildman–Crippen LogP) is 1.21. The molecule has 0 bridgehead atoms. The van der Waals surface area contributed by atoms with Gasteiger partial charge in [-0.3, -0.25) is 0 Å². The largest absolute Gasteiger partial charge is 0.368 e. The van der Waals surface area contributed by atoms with Crippen LogP contribution < -0.4 is 5.73 Å². The number of nitrogens with two attached hydrogens (primary N) is 1. The van der Waals surface area contributed by atoms with E-state index in [2.05, 4.69) is 5.16 Å². The maximum absolute atomic E-state index is 5.35. The monoisotopic (exact) mass is 138 g/mol. The number of nitrogen functional groups attached to an aromatic ring is 1. The highest BCUT2D eigenvalue weighted by atomic mass is 16.5. The van der Waals surface area contributed by atoms with Crippen LogP contribution >= 0.6 is 0 Å². The molecule has 0 unspecified atom stereocenters. The second kappa shape index (κ2) is 2.01. The summed E-state index contributed by atoms with van der Waals surface area (Å²) in [5.41, 5.74) is 6.35. The maximum atomic E-state index is 5.35. The summed E-state index contributed by atoms with van der Waals surface area (Å²) in [6.07, 6.45) is 3.72. The van der Waals surface area contributed by atoms with E-state index in [1.54, 1.807) is 6.07 Å². The fraction of sp³-hybridized carbons (Fsp3) is 0.571. The van der Waals surface area contributed by atoms with Crippen LogP contribution in [-0.2, 0) is 6.42 Å². The first-order chi connectivity index (χ1) is 4.84. The van der Waals surface area contributed by atoms with Crippen molar-refractivity contribution in [3.8, 4) is 0 Å². The van der Waals surface area contributed by atoms with Crippen molar-refractivity contribution in [2.24, 2.45) is 5.92 Å². The van der Waals surface area contributed by atoms with Crippen LogP contribution in [0.5, 0.6) is 0 Å². The van der Waals surface area contributed by atoms with Crippen molar-refractivity contribution in [1.29, 1.82) is 0 Å². The summed E-state index contributed by atoms with van der Waals surface area (Å²) in [6, 6.07) is 1.80. The van der Waals surface area contributed by atoms with Crippen LogP contribution in [0.15, 0.2) is 10.6 Å². The molecule has 0 atom stereocenters. The van der Waals surface area contributed by atoms with Crippen molar-refractivity contribution >= 4 is 5.88 Å². The van der Waals surface area contributed by atoms with Gasteiger partial charge in [0.1, 0.15) is 0 Å². The number of aromatic nitrogens is 1. The van der Waals surface area contributed by atoms with E-state index in [1.165, 1.54) is 12.8 Å². The van der Waals surface area contributed by atoms with Crippen LogP contribution in [0, 0.1) is 5.92 Å². The van der Waals surface area contributed by atoms with Crippen molar-refractivity contribution in [1.82, 2.24) is 5.16 Å². The minimum absolute atomic E-state index is 0.427. The lowest BCUT2D eigenvalue weighted by Crippen LogP contribution is -1.85. The molecular weight excluding hydrogens is 128 g/mol. The lowest BCUT2D eigenvalue weighted by molar-refractivity contribution is 0.426. The first-order valence-corrected chi connectivity index (χ1v) is 3.55. The highest BCUT2D eigenvalue weighted by Crippen LogP contribution is 2.32. The van der Waals surface area contributed by atoms with Crippen molar-refractivity contribution in [2.45, 2.75) is 19.3 Å². The zero-order chi connectivity index (χ0) is 6.97. The van der Waals surface area contributed by atoms with Gasteiger partial charge in [0.05, 0.1) is 5.69 Å². The summed E-state index contributed by atoms with van der Waals surface area (Å²) in [6.45, 7) is 0. The van der Waals surface area contributed by atoms with Crippen molar-refractivity contribution in [2.75, 3.05) is 5.73 Å². The van der Waals surface area contributed by atoms with E-state index in [9.17, 15) is 0 Å².